The number of nitrogens with one attached hydrogen (secondary N) is 1. The molecule has 0 radical (unpaired) electrons. The van der Waals surface area contributed by atoms with Gasteiger partial charge in [0.15, 0.2) is 0 Å². The normalized spacial score (nSPS) is 11.9. The Hall–Kier alpha value is -1.50. The second-order valence-corrected chi connectivity index (χ2v) is 9.86. The van der Waals surface area contributed by atoms with Crippen molar-refractivity contribution in [3.05, 3.63) is 69.2 Å². The van der Waals surface area contributed by atoms with Crippen molar-refractivity contribution in [2.24, 2.45) is 5.92 Å². The average molecular weight is 512 g/mol. The zero-order valence-electron chi connectivity index (χ0n) is 17.5. The second-order valence-electron chi connectivity index (χ2n) is 7.55. The fraction of sp³-hybridized carbons (Fsp3) is 0.391. The van der Waals surface area contributed by atoms with Crippen LogP contribution in [0.3, 0.4) is 0 Å². The first-order valence-electron chi connectivity index (χ1n) is 9.90. The number of amides is 2. The zero-order valence-corrected chi connectivity index (χ0v) is 20.7. The highest BCUT2D eigenvalue weighted by Gasteiger charge is 2.26. The number of benzene rings is 2. The highest BCUT2D eigenvalue weighted by Crippen LogP contribution is 2.21. The van der Waals surface area contributed by atoms with Crippen LogP contribution in [0.2, 0.25) is 5.02 Å². The zero-order chi connectivity index (χ0) is 22.1. The van der Waals surface area contributed by atoms with Gasteiger partial charge in [0, 0.05) is 28.3 Å². The van der Waals surface area contributed by atoms with Crippen LogP contribution < -0.4 is 5.32 Å². The van der Waals surface area contributed by atoms with Gasteiger partial charge >= 0.3 is 0 Å². The fourth-order valence-corrected chi connectivity index (χ4v) is 4.10. The van der Waals surface area contributed by atoms with Gasteiger partial charge in [-0.1, -0.05) is 71.7 Å². The van der Waals surface area contributed by atoms with E-state index >= 15 is 0 Å². The molecule has 0 spiro atoms. The number of hydrogen-bond acceptors (Lipinski definition) is 3. The number of rotatable bonds is 10. The molecule has 30 heavy (non-hydrogen) atoms. The monoisotopic (exact) mass is 510 g/mol. The lowest BCUT2D eigenvalue weighted by molar-refractivity contribution is -0.138. The van der Waals surface area contributed by atoms with Gasteiger partial charge in [0.1, 0.15) is 6.04 Å². The van der Waals surface area contributed by atoms with Crippen LogP contribution in [0.1, 0.15) is 31.9 Å². The first-order valence-corrected chi connectivity index (χ1v) is 12.2. The molecule has 0 aliphatic heterocycles. The van der Waals surface area contributed by atoms with E-state index in [1.54, 1.807) is 17.9 Å². The minimum Gasteiger partial charge on any atom is -0.354 e. The molecule has 0 saturated heterocycles. The number of thioether (sulfide) groups is 1. The molecule has 162 valence electrons. The third-order valence-electron chi connectivity index (χ3n) is 4.56. The van der Waals surface area contributed by atoms with E-state index in [-0.39, 0.29) is 11.8 Å². The van der Waals surface area contributed by atoms with Crippen molar-refractivity contribution in [2.75, 3.05) is 12.3 Å². The maximum atomic E-state index is 13.1. The maximum absolute atomic E-state index is 13.1. The first-order chi connectivity index (χ1) is 14.3. The summed E-state index contributed by atoms with van der Waals surface area (Å²) in [4.78, 5) is 27.3. The predicted molar refractivity (Wildman–Crippen MR) is 130 cm³/mol. The van der Waals surface area contributed by atoms with E-state index in [0.717, 1.165) is 21.4 Å². The third kappa shape index (κ3) is 7.97. The third-order valence-corrected chi connectivity index (χ3v) is 6.44. The summed E-state index contributed by atoms with van der Waals surface area (Å²) in [6.07, 6.45) is 0. The lowest BCUT2D eigenvalue weighted by Gasteiger charge is -2.29. The highest BCUT2D eigenvalue weighted by molar-refractivity contribution is 9.10. The maximum Gasteiger partial charge on any atom is 0.242 e. The molecular formula is C23H28BrClN2O2S. The molecule has 0 saturated carbocycles. The lowest BCUT2D eigenvalue weighted by Crippen LogP contribution is -2.48. The highest BCUT2D eigenvalue weighted by atomic mass is 79.9. The number of carbonyl (C=O) groups excluding carboxylic acids is 2. The van der Waals surface area contributed by atoms with Crippen LogP contribution in [0, 0.1) is 5.92 Å². The summed E-state index contributed by atoms with van der Waals surface area (Å²) in [6, 6.07) is 14.9. The van der Waals surface area contributed by atoms with Crippen LogP contribution in [0.25, 0.3) is 0 Å². The molecule has 2 aromatic rings. The van der Waals surface area contributed by atoms with Gasteiger partial charge in [0.25, 0.3) is 0 Å². The van der Waals surface area contributed by atoms with E-state index in [1.165, 1.54) is 11.8 Å². The van der Waals surface area contributed by atoms with Crippen LogP contribution in [0.4, 0.5) is 0 Å². The Kier molecular flexibility index (Phi) is 10.2. The molecule has 7 heteroatoms. The summed E-state index contributed by atoms with van der Waals surface area (Å²) in [5.41, 5.74) is 1.98. The van der Waals surface area contributed by atoms with Gasteiger partial charge in [0.2, 0.25) is 11.8 Å². The van der Waals surface area contributed by atoms with E-state index < -0.39 is 6.04 Å². The van der Waals surface area contributed by atoms with Gasteiger partial charge in [-0.05, 0) is 42.2 Å². The Morgan fingerprint density at radius 1 is 1.10 bits per heavy atom. The Morgan fingerprint density at radius 3 is 2.40 bits per heavy atom. The topological polar surface area (TPSA) is 49.4 Å². The summed E-state index contributed by atoms with van der Waals surface area (Å²) in [7, 11) is 0. The molecule has 1 atom stereocenters. The van der Waals surface area contributed by atoms with Crippen molar-refractivity contribution >= 4 is 51.1 Å². The van der Waals surface area contributed by atoms with Crippen molar-refractivity contribution in [2.45, 2.75) is 39.1 Å². The number of nitrogens with zero attached hydrogens (tertiary/aromatic N) is 1. The molecule has 2 rings (SSSR count). The van der Waals surface area contributed by atoms with E-state index in [4.69, 9.17) is 11.6 Å². The van der Waals surface area contributed by atoms with E-state index in [0.29, 0.717) is 29.8 Å². The second kappa shape index (κ2) is 12.4. The Morgan fingerprint density at radius 2 is 1.77 bits per heavy atom. The summed E-state index contributed by atoms with van der Waals surface area (Å²) < 4.78 is 1.03. The van der Waals surface area contributed by atoms with Gasteiger partial charge in [-0.3, -0.25) is 9.59 Å². The van der Waals surface area contributed by atoms with Crippen LogP contribution in [-0.4, -0.2) is 35.1 Å². The molecule has 2 amide bonds. The summed E-state index contributed by atoms with van der Waals surface area (Å²) in [5, 5.41) is 3.52. The minimum atomic E-state index is -0.583. The van der Waals surface area contributed by atoms with Crippen molar-refractivity contribution in [3.63, 3.8) is 0 Å². The largest absolute Gasteiger partial charge is 0.354 e. The van der Waals surface area contributed by atoms with Gasteiger partial charge in [0.05, 0.1) is 5.75 Å². The number of hydrogen-bond donors (Lipinski definition) is 1. The quantitative estimate of drug-likeness (QED) is 0.456. The summed E-state index contributed by atoms with van der Waals surface area (Å²) >= 11 is 11.3. The standard InChI is InChI=1S/C23H28BrClN2O2S/c1-16(2)12-26-23(29)17(3)27(13-19-6-4-5-7-21(19)25)22(28)15-30-14-18-8-10-20(24)11-9-18/h4-11,16-17H,12-15H2,1-3H3,(H,26,29). The van der Waals surface area contributed by atoms with Gasteiger partial charge in [-0.2, -0.15) is 0 Å². The smallest absolute Gasteiger partial charge is 0.242 e. The fourth-order valence-electron chi connectivity index (χ4n) is 2.76. The van der Waals surface area contributed by atoms with Gasteiger partial charge < -0.3 is 10.2 Å². The number of halogens is 2. The lowest BCUT2D eigenvalue weighted by atomic mass is 10.1. The average Bonchev–Trinajstić information content (AvgIpc) is 2.72. The van der Waals surface area contributed by atoms with Gasteiger partial charge in [-0.25, -0.2) is 0 Å². The first kappa shape index (κ1) is 24.8. The summed E-state index contributed by atoms with van der Waals surface area (Å²) in [5.74, 6) is 1.14. The Labute approximate surface area is 196 Å². The van der Waals surface area contributed by atoms with E-state index in [9.17, 15) is 9.59 Å². The van der Waals surface area contributed by atoms with Crippen molar-refractivity contribution in [1.82, 2.24) is 10.2 Å². The molecule has 2 aromatic carbocycles. The van der Waals surface area contributed by atoms with Crippen LogP contribution in [-0.2, 0) is 21.9 Å². The molecule has 0 aromatic heterocycles. The Bertz CT molecular complexity index is 845. The SMILES string of the molecule is CC(C)CNC(=O)C(C)N(Cc1ccccc1Cl)C(=O)CSCc1ccc(Br)cc1. The van der Waals surface area contributed by atoms with E-state index in [2.05, 4.69) is 21.2 Å². The minimum absolute atomic E-state index is 0.0794. The molecule has 0 heterocycles. The van der Waals surface area contributed by atoms with E-state index in [1.807, 2.05) is 56.3 Å². The van der Waals surface area contributed by atoms with Crippen molar-refractivity contribution in [3.8, 4) is 0 Å². The molecule has 1 N–H and O–H groups in total. The number of carbonyl (C=O) groups is 2. The molecular weight excluding hydrogens is 484 g/mol. The van der Waals surface area contributed by atoms with Gasteiger partial charge in [-0.15, -0.1) is 11.8 Å². The van der Waals surface area contributed by atoms with Crippen LogP contribution in [0.15, 0.2) is 53.0 Å². The molecule has 0 aliphatic rings. The molecule has 0 fully saturated rings. The molecule has 1 unspecified atom stereocenters. The Balaban J connectivity index is 2.06. The molecule has 0 aliphatic carbocycles. The van der Waals surface area contributed by atoms with Crippen LogP contribution in [0.5, 0.6) is 0 Å². The summed E-state index contributed by atoms with van der Waals surface area (Å²) in [6.45, 7) is 6.72. The van der Waals surface area contributed by atoms with Crippen molar-refractivity contribution in [1.29, 1.82) is 0 Å². The molecule has 4 nitrogen and oxygen atoms in total. The predicted octanol–water partition coefficient (Wildman–Crippen LogP) is 5.53. The van der Waals surface area contributed by atoms with Crippen molar-refractivity contribution < 1.29 is 9.59 Å². The molecule has 0 bridgehead atoms. The van der Waals surface area contributed by atoms with Crippen LogP contribution >= 0.6 is 39.3 Å².